The number of carbonyl (C=O) groups is 2. The van der Waals surface area contributed by atoms with Gasteiger partial charge in [-0.25, -0.2) is 4.79 Å². The average Bonchev–Trinajstić information content (AvgIpc) is 2.52. The molecule has 0 heterocycles. The van der Waals surface area contributed by atoms with E-state index in [4.69, 9.17) is 14.2 Å². The van der Waals surface area contributed by atoms with Crippen LogP contribution in [0.15, 0.2) is 24.3 Å². The van der Waals surface area contributed by atoms with Crippen molar-refractivity contribution in [3.8, 4) is 0 Å². The van der Waals surface area contributed by atoms with Crippen LogP contribution in [0.2, 0.25) is 0 Å². The van der Waals surface area contributed by atoms with Crippen LogP contribution in [0, 0.1) is 5.92 Å². The highest BCUT2D eigenvalue weighted by atomic mass is 16.8. The second kappa shape index (κ2) is 10.1. The summed E-state index contributed by atoms with van der Waals surface area (Å²) in [5.41, 5.74) is 2.11. The molecule has 140 valence electrons. The van der Waals surface area contributed by atoms with Crippen LogP contribution in [0.25, 0.3) is 0 Å². The van der Waals surface area contributed by atoms with Gasteiger partial charge in [0.2, 0.25) is 0 Å². The summed E-state index contributed by atoms with van der Waals surface area (Å²) < 4.78 is 15.2. The predicted octanol–water partition coefficient (Wildman–Crippen LogP) is 4.83. The predicted molar refractivity (Wildman–Crippen MR) is 96.3 cm³/mol. The molecule has 0 N–H and O–H groups in total. The zero-order valence-electron chi connectivity index (χ0n) is 16.1. The molecule has 0 aliphatic rings. The third-order valence-electron chi connectivity index (χ3n) is 3.62. The number of carbonyl (C=O) groups excluding carboxylic acids is 2. The Bertz CT molecular complexity index is 548. The van der Waals surface area contributed by atoms with Gasteiger partial charge in [0.1, 0.15) is 0 Å². The van der Waals surface area contributed by atoms with Crippen LogP contribution in [-0.4, -0.2) is 24.5 Å². The lowest BCUT2D eigenvalue weighted by molar-refractivity contribution is -0.173. The third-order valence-corrected chi connectivity index (χ3v) is 3.62. The van der Waals surface area contributed by atoms with Crippen LogP contribution in [-0.2, 0) is 25.4 Å². The van der Waals surface area contributed by atoms with E-state index in [0.29, 0.717) is 12.3 Å². The molecule has 1 rings (SSSR count). The van der Waals surface area contributed by atoms with E-state index in [9.17, 15) is 9.59 Å². The van der Waals surface area contributed by atoms with Gasteiger partial charge in [-0.3, -0.25) is 4.79 Å². The minimum Gasteiger partial charge on any atom is -0.431 e. The molecule has 0 spiro atoms. The molecule has 2 atom stereocenters. The molecule has 1 aromatic rings. The zero-order chi connectivity index (χ0) is 19.0. The highest BCUT2D eigenvalue weighted by Crippen LogP contribution is 2.20. The minimum atomic E-state index is -0.943. The summed E-state index contributed by atoms with van der Waals surface area (Å²) in [5, 5.41) is 0. The molecular formula is C20H30O5. The van der Waals surface area contributed by atoms with Gasteiger partial charge in [-0.15, -0.1) is 0 Å². The first-order valence-electron chi connectivity index (χ1n) is 8.89. The van der Waals surface area contributed by atoms with Crippen molar-refractivity contribution in [2.75, 3.05) is 0 Å². The Hall–Kier alpha value is -2.04. The van der Waals surface area contributed by atoms with Crippen molar-refractivity contribution in [1.82, 2.24) is 0 Å². The van der Waals surface area contributed by atoms with Crippen molar-refractivity contribution in [1.29, 1.82) is 0 Å². The van der Waals surface area contributed by atoms with Crippen LogP contribution in [0.5, 0.6) is 0 Å². The van der Waals surface area contributed by atoms with Gasteiger partial charge in [-0.1, -0.05) is 45.0 Å². The average molecular weight is 350 g/mol. The Morgan fingerprint density at radius 2 is 1.52 bits per heavy atom. The van der Waals surface area contributed by atoms with E-state index < -0.39 is 24.3 Å². The number of ether oxygens (including phenoxy) is 3. The van der Waals surface area contributed by atoms with E-state index in [1.807, 2.05) is 24.3 Å². The number of benzene rings is 1. The molecule has 0 fully saturated rings. The fraction of sp³-hybridized carbons (Fsp3) is 0.600. The highest BCUT2D eigenvalue weighted by molar-refractivity contribution is 5.78. The summed E-state index contributed by atoms with van der Waals surface area (Å²) in [4.78, 5) is 23.9. The number of esters is 1. The summed E-state index contributed by atoms with van der Waals surface area (Å²) in [6.45, 7) is 11.3. The van der Waals surface area contributed by atoms with Crippen molar-refractivity contribution in [3.63, 3.8) is 0 Å². The van der Waals surface area contributed by atoms with Gasteiger partial charge in [0, 0.05) is 6.42 Å². The molecule has 0 radical (unpaired) electrons. The SMILES string of the molecule is CCC(OC(=O)OC(C)C)OC(=O)C(C)c1ccc(CC(C)C)cc1. The second-order valence-corrected chi connectivity index (χ2v) is 6.87. The summed E-state index contributed by atoms with van der Waals surface area (Å²) in [5.74, 6) is -0.283. The fourth-order valence-corrected chi connectivity index (χ4v) is 2.30. The van der Waals surface area contributed by atoms with Crippen LogP contribution < -0.4 is 0 Å². The van der Waals surface area contributed by atoms with E-state index in [2.05, 4.69) is 13.8 Å². The fourth-order valence-electron chi connectivity index (χ4n) is 2.30. The van der Waals surface area contributed by atoms with Gasteiger partial charge in [-0.2, -0.15) is 0 Å². The van der Waals surface area contributed by atoms with Crippen molar-refractivity contribution >= 4 is 12.1 Å². The maximum atomic E-state index is 12.3. The molecule has 5 heteroatoms. The molecule has 0 saturated carbocycles. The molecule has 0 aromatic heterocycles. The normalized spacial score (nSPS) is 13.4. The second-order valence-electron chi connectivity index (χ2n) is 6.87. The molecule has 25 heavy (non-hydrogen) atoms. The Morgan fingerprint density at radius 3 is 2.00 bits per heavy atom. The number of hydrogen-bond acceptors (Lipinski definition) is 5. The van der Waals surface area contributed by atoms with Gasteiger partial charge < -0.3 is 14.2 Å². The van der Waals surface area contributed by atoms with E-state index >= 15 is 0 Å². The number of rotatable bonds is 8. The summed E-state index contributed by atoms with van der Waals surface area (Å²) >= 11 is 0. The third kappa shape index (κ3) is 7.59. The standard InChI is InChI=1S/C20H30O5/c1-7-18(25-20(22)23-14(4)5)24-19(21)15(6)17-10-8-16(9-11-17)12-13(2)3/h8-11,13-15,18H,7,12H2,1-6H3. The van der Waals surface area contributed by atoms with Gasteiger partial charge in [0.05, 0.1) is 12.0 Å². The monoisotopic (exact) mass is 350 g/mol. The Balaban J connectivity index is 2.63. The van der Waals surface area contributed by atoms with Gasteiger partial charge in [0.15, 0.2) is 0 Å². The summed E-state index contributed by atoms with van der Waals surface area (Å²) in [6, 6.07) is 7.96. The molecule has 0 saturated heterocycles. The van der Waals surface area contributed by atoms with Crippen molar-refractivity contribution < 1.29 is 23.8 Å². The van der Waals surface area contributed by atoms with E-state index in [0.717, 1.165) is 12.0 Å². The smallest absolute Gasteiger partial charge is 0.431 e. The molecule has 2 unspecified atom stereocenters. The Labute approximate surface area is 150 Å². The van der Waals surface area contributed by atoms with Gasteiger partial charge in [-0.05, 0) is 44.2 Å². The maximum Gasteiger partial charge on any atom is 0.511 e. The van der Waals surface area contributed by atoms with Crippen molar-refractivity contribution in [2.24, 2.45) is 5.92 Å². The molecule has 0 amide bonds. The summed E-state index contributed by atoms with van der Waals surface area (Å²) in [7, 11) is 0. The summed E-state index contributed by atoms with van der Waals surface area (Å²) in [6.07, 6.45) is -0.701. The van der Waals surface area contributed by atoms with Gasteiger partial charge in [0.25, 0.3) is 6.29 Å². The molecule has 0 bridgehead atoms. The Kier molecular flexibility index (Phi) is 8.46. The first kappa shape index (κ1) is 21.0. The van der Waals surface area contributed by atoms with Crippen LogP contribution in [0.4, 0.5) is 4.79 Å². The van der Waals surface area contributed by atoms with E-state index in [1.165, 1.54) is 5.56 Å². The first-order chi connectivity index (χ1) is 11.7. The van der Waals surface area contributed by atoms with Gasteiger partial charge >= 0.3 is 12.1 Å². The minimum absolute atomic E-state index is 0.288. The largest absolute Gasteiger partial charge is 0.511 e. The quantitative estimate of drug-likeness (QED) is 0.496. The van der Waals surface area contributed by atoms with E-state index in [-0.39, 0.29) is 6.10 Å². The highest BCUT2D eigenvalue weighted by Gasteiger charge is 2.23. The lowest BCUT2D eigenvalue weighted by atomic mass is 9.97. The van der Waals surface area contributed by atoms with Crippen LogP contribution in [0.1, 0.15) is 65.0 Å². The zero-order valence-corrected chi connectivity index (χ0v) is 16.1. The maximum absolute atomic E-state index is 12.3. The molecule has 0 aliphatic heterocycles. The lowest BCUT2D eigenvalue weighted by Gasteiger charge is -2.20. The number of hydrogen-bond donors (Lipinski definition) is 0. The topological polar surface area (TPSA) is 61.8 Å². The molecule has 1 aromatic carbocycles. The molecule has 5 nitrogen and oxygen atoms in total. The van der Waals surface area contributed by atoms with Crippen molar-refractivity contribution in [3.05, 3.63) is 35.4 Å². The van der Waals surface area contributed by atoms with Crippen LogP contribution in [0.3, 0.4) is 0 Å². The van der Waals surface area contributed by atoms with Crippen LogP contribution >= 0.6 is 0 Å². The molecular weight excluding hydrogens is 320 g/mol. The molecule has 0 aliphatic carbocycles. The lowest BCUT2D eigenvalue weighted by Crippen LogP contribution is -2.27. The van der Waals surface area contributed by atoms with Crippen molar-refractivity contribution in [2.45, 2.75) is 72.7 Å². The van der Waals surface area contributed by atoms with E-state index in [1.54, 1.807) is 27.7 Å². The first-order valence-corrected chi connectivity index (χ1v) is 8.89. The Morgan fingerprint density at radius 1 is 0.920 bits per heavy atom.